The highest BCUT2D eigenvalue weighted by atomic mass is 35.5. The van der Waals surface area contributed by atoms with Gasteiger partial charge in [-0.05, 0) is 19.3 Å². The molecule has 0 saturated carbocycles. The van der Waals surface area contributed by atoms with Crippen LogP contribution in [0.1, 0.15) is 28.2 Å². The Balaban J connectivity index is 0.00000180. The standard InChI is InChI=1S/C12H20N4O2.ClH/c1-18-8-7-13-5-6-14-12(17)11-9-3-2-4-10(9)15-16-11;/h13H,2-8H2,1H3,(H,14,17)(H,15,16);1H. The zero-order valence-corrected chi connectivity index (χ0v) is 11.9. The lowest BCUT2D eigenvalue weighted by molar-refractivity contribution is 0.0948. The molecule has 0 bridgehead atoms. The topological polar surface area (TPSA) is 79.0 Å². The van der Waals surface area contributed by atoms with Crippen LogP contribution >= 0.6 is 12.4 Å². The van der Waals surface area contributed by atoms with Gasteiger partial charge < -0.3 is 15.4 Å². The minimum atomic E-state index is -0.0806. The summed E-state index contributed by atoms with van der Waals surface area (Å²) in [6.45, 7) is 2.82. The molecule has 2 rings (SSSR count). The number of carbonyl (C=O) groups is 1. The van der Waals surface area contributed by atoms with Gasteiger partial charge in [0.2, 0.25) is 0 Å². The highest BCUT2D eigenvalue weighted by molar-refractivity contribution is 5.94. The number of aryl methyl sites for hydroxylation is 1. The second kappa shape index (κ2) is 8.14. The van der Waals surface area contributed by atoms with Crippen molar-refractivity contribution in [3.63, 3.8) is 0 Å². The van der Waals surface area contributed by atoms with Crippen LogP contribution in [-0.2, 0) is 17.6 Å². The maximum Gasteiger partial charge on any atom is 0.272 e. The Bertz CT molecular complexity index is 408. The Morgan fingerprint density at radius 1 is 1.37 bits per heavy atom. The van der Waals surface area contributed by atoms with Gasteiger partial charge in [-0.1, -0.05) is 0 Å². The minimum absolute atomic E-state index is 0. The average molecular weight is 289 g/mol. The summed E-state index contributed by atoms with van der Waals surface area (Å²) in [6.07, 6.45) is 3.08. The van der Waals surface area contributed by atoms with Crippen molar-refractivity contribution in [3.05, 3.63) is 17.0 Å². The molecule has 0 fully saturated rings. The van der Waals surface area contributed by atoms with E-state index in [0.717, 1.165) is 43.6 Å². The predicted molar refractivity (Wildman–Crippen MR) is 74.9 cm³/mol. The van der Waals surface area contributed by atoms with Gasteiger partial charge in [-0.15, -0.1) is 12.4 Å². The molecule has 0 radical (unpaired) electrons. The zero-order valence-electron chi connectivity index (χ0n) is 11.1. The van der Waals surface area contributed by atoms with E-state index in [1.54, 1.807) is 7.11 Å². The molecule has 1 aromatic rings. The van der Waals surface area contributed by atoms with Gasteiger partial charge in [-0.2, -0.15) is 5.10 Å². The molecular formula is C12H21ClN4O2. The lowest BCUT2D eigenvalue weighted by Gasteiger charge is -2.05. The molecule has 0 saturated heterocycles. The number of amides is 1. The Morgan fingerprint density at radius 2 is 2.21 bits per heavy atom. The molecule has 6 nitrogen and oxygen atoms in total. The normalized spacial score (nSPS) is 12.9. The van der Waals surface area contributed by atoms with E-state index in [0.29, 0.717) is 18.8 Å². The molecular weight excluding hydrogens is 268 g/mol. The van der Waals surface area contributed by atoms with Crippen LogP contribution in [0.2, 0.25) is 0 Å². The quantitative estimate of drug-likeness (QED) is 0.630. The number of nitrogens with one attached hydrogen (secondary N) is 3. The fraction of sp³-hybridized carbons (Fsp3) is 0.667. The van der Waals surface area contributed by atoms with E-state index in [9.17, 15) is 4.79 Å². The van der Waals surface area contributed by atoms with E-state index >= 15 is 0 Å². The number of ether oxygens (including phenoxy) is 1. The van der Waals surface area contributed by atoms with Gasteiger partial charge in [0, 0.05) is 38.0 Å². The Kier molecular flexibility index (Phi) is 6.83. The van der Waals surface area contributed by atoms with Crippen LogP contribution in [0.15, 0.2) is 0 Å². The summed E-state index contributed by atoms with van der Waals surface area (Å²) < 4.78 is 4.91. The molecule has 0 aliphatic heterocycles. The van der Waals surface area contributed by atoms with E-state index in [1.165, 1.54) is 0 Å². The van der Waals surface area contributed by atoms with E-state index in [4.69, 9.17) is 4.74 Å². The molecule has 108 valence electrons. The first-order valence-electron chi connectivity index (χ1n) is 6.37. The number of aromatic amines is 1. The van der Waals surface area contributed by atoms with Crippen LogP contribution in [0.4, 0.5) is 0 Å². The van der Waals surface area contributed by atoms with Gasteiger partial charge in [0.15, 0.2) is 5.69 Å². The second-order valence-electron chi connectivity index (χ2n) is 4.38. The smallest absolute Gasteiger partial charge is 0.272 e. The summed E-state index contributed by atoms with van der Waals surface area (Å²) >= 11 is 0. The van der Waals surface area contributed by atoms with E-state index in [2.05, 4.69) is 20.8 Å². The summed E-state index contributed by atoms with van der Waals surface area (Å²) in [5.74, 6) is -0.0806. The third-order valence-electron chi connectivity index (χ3n) is 3.09. The third kappa shape index (κ3) is 4.19. The zero-order chi connectivity index (χ0) is 12.8. The van der Waals surface area contributed by atoms with Crippen molar-refractivity contribution in [2.75, 3.05) is 33.4 Å². The molecule has 19 heavy (non-hydrogen) atoms. The van der Waals surface area contributed by atoms with Crippen molar-refractivity contribution in [2.45, 2.75) is 19.3 Å². The number of carbonyl (C=O) groups excluding carboxylic acids is 1. The highest BCUT2D eigenvalue weighted by Crippen LogP contribution is 2.22. The Morgan fingerprint density at radius 3 is 3.00 bits per heavy atom. The lowest BCUT2D eigenvalue weighted by Crippen LogP contribution is -2.33. The maximum absolute atomic E-state index is 11.9. The monoisotopic (exact) mass is 288 g/mol. The summed E-state index contributed by atoms with van der Waals surface area (Å²) in [6, 6.07) is 0. The molecule has 0 spiro atoms. The van der Waals surface area contributed by atoms with Crippen LogP contribution in [-0.4, -0.2) is 49.5 Å². The number of nitrogens with zero attached hydrogens (tertiary/aromatic N) is 1. The van der Waals surface area contributed by atoms with Gasteiger partial charge in [-0.3, -0.25) is 9.89 Å². The SMILES string of the molecule is COCCNCCNC(=O)c1n[nH]c2c1CCC2.Cl. The number of fused-ring (bicyclic) bond motifs is 1. The fourth-order valence-electron chi connectivity index (χ4n) is 2.15. The molecule has 7 heteroatoms. The molecule has 1 amide bonds. The van der Waals surface area contributed by atoms with Crippen molar-refractivity contribution in [1.29, 1.82) is 0 Å². The number of methoxy groups -OCH3 is 1. The summed E-state index contributed by atoms with van der Waals surface area (Å²) in [7, 11) is 1.67. The molecule has 1 aliphatic carbocycles. The average Bonchev–Trinajstić information content (AvgIpc) is 2.95. The van der Waals surface area contributed by atoms with Crippen molar-refractivity contribution in [2.24, 2.45) is 0 Å². The van der Waals surface area contributed by atoms with Gasteiger partial charge in [0.05, 0.1) is 6.61 Å². The van der Waals surface area contributed by atoms with E-state index < -0.39 is 0 Å². The van der Waals surface area contributed by atoms with Crippen molar-refractivity contribution in [1.82, 2.24) is 20.8 Å². The number of rotatable bonds is 7. The summed E-state index contributed by atoms with van der Waals surface area (Å²) in [5, 5.41) is 13.1. The molecule has 0 atom stereocenters. The van der Waals surface area contributed by atoms with Crippen molar-refractivity contribution in [3.8, 4) is 0 Å². The van der Waals surface area contributed by atoms with Crippen LogP contribution < -0.4 is 10.6 Å². The first kappa shape index (κ1) is 15.9. The lowest BCUT2D eigenvalue weighted by atomic mass is 10.2. The number of hydrogen-bond acceptors (Lipinski definition) is 4. The minimum Gasteiger partial charge on any atom is -0.383 e. The molecule has 3 N–H and O–H groups in total. The molecule has 0 aromatic carbocycles. The van der Waals surface area contributed by atoms with Crippen molar-refractivity contribution >= 4 is 18.3 Å². The summed E-state index contributed by atoms with van der Waals surface area (Å²) in [5.41, 5.74) is 2.79. The molecule has 1 aromatic heterocycles. The highest BCUT2D eigenvalue weighted by Gasteiger charge is 2.22. The number of halogens is 1. The van der Waals surface area contributed by atoms with Crippen molar-refractivity contribution < 1.29 is 9.53 Å². The van der Waals surface area contributed by atoms with Gasteiger partial charge >= 0.3 is 0 Å². The Labute approximate surface area is 119 Å². The predicted octanol–water partition coefficient (Wildman–Crippen LogP) is 0.286. The van der Waals surface area contributed by atoms with Gasteiger partial charge in [0.25, 0.3) is 5.91 Å². The van der Waals surface area contributed by atoms with Gasteiger partial charge in [-0.25, -0.2) is 0 Å². The van der Waals surface area contributed by atoms with Crippen LogP contribution in [0.25, 0.3) is 0 Å². The number of H-pyrrole nitrogens is 1. The van der Waals surface area contributed by atoms with Crippen LogP contribution in [0.5, 0.6) is 0 Å². The molecule has 1 aliphatic rings. The van der Waals surface area contributed by atoms with Crippen LogP contribution in [0, 0.1) is 0 Å². The molecule has 0 unspecified atom stereocenters. The summed E-state index contributed by atoms with van der Waals surface area (Å²) in [4.78, 5) is 11.9. The van der Waals surface area contributed by atoms with E-state index in [1.807, 2.05) is 0 Å². The third-order valence-corrected chi connectivity index (χ3v) is 3.09. The van der Waals surface area contributed by atoms with Gasteiger partial charge in [0.1, 0.15) is 0 Å². The second-order valence-corrected chi connectivity index (χ2v) is 4.38. The fourth-order valence-corrected chi connectivity index (χ4v) is 2.15. The molecule has 1 heterocycles. The maximum atomic E-state index is 11.9. The van der Waals surface area contributed by atoms with E-state index in [-0.39, 0.29) is 18.3 Å². The first-order chi connectivity index (χ1) is 8.83. The number of aromatic nitrogens is 2. The number of hydrogen-bond donors (Lipinski definition) is 3. The first-order valence-corrected chi connectivity index (χ1v) is 6.37. The van der Waals surface area contributed by atoms with Crippen LogP contribution in [0.3, 0.4) is 0 Å². The Hall–Kier alpha value is -1.11. The largest absolute Gasteiger partial charge is 0.383 e.